The number of nitrogens with zero attached hydrogens (tertiary/aromatic N) is 1. The van der Waals surface area contributed by atoms with Gasteiger partial charge in [-0.3, -0.25) is 10.1 Å². The molecule has 0 spiro atoms. The fraction of sp³-hybridized carbons (Fsp3) is 0.529. The quantitative estimate of drug-likeness (QED) is 0.473. The Morgan fingerprint density at radius 2 is 1.86 bits per heavy atom. The van der Waals surface area contributed by atoms with E-state index in [1.165, 1.54) is 0 Å². The Morgan fingerprint density at radius 1 is 1.14 bits per heavy atom. The Balaban J connectivity index is 2.61. The molecular weight excluding hydrogens is 264 g/mol. The molecule has 4 nitrogen and oxygen atoms in total. The van der Waals surface area contributed by atoms with Crippen molar-refractivity contribution in [1.82, 2.24) is 5.32 Å². The maximum absolute atomic E-state index is 12.1. The lowest BCUT2D eigenvalue weighted by molar-refractivity contribution is 0.0965. The van der Waals surface area contributed by atoms with Gasteiger partial charge in [-0.15, -0.1) is 0 Å². The van der Waals surface area contributed by atoms with Gasteiger partial charge in [0, 0.05) is 12.1 Å². The highest BCUT2D eigenvalue weighted by molar-refractivity contribution is 6.04. The number of aliphatic imine (C=N–C) groups is 1. The Labute approximate surface area is 127 Å². The third-order valence-electron chi connectivity index (χ3n) is 2.99. The van der Waals surface area contributed by atoms with E-state index < -0.39 is 0 Å². The first-order chi connectivity index (χ1) is 10.2. The molecule has 0 radical (unpaired) electrons. The zero-order valence-electron chi connectivity index (χ0n) is 13.3. The summed E-state index contributed by atoms with van der Waals surface area (Å²) in [4.78, 5) is 16.5. The second-order valence-electron chi connectivity index (χ2n) is 5.06. The summed E-state index contributed by atoms with van der Waals surface area (Å²) in [5.41, 5.74) is 1.74. The predicted molar refractivity (Wildman–Crippen MR) is 86.7 cm³/mol. The lowest BCUT2D eigenvalue weighted by Crippen LogP contribution is -2.33. The highest BCUT2D eigenvalue weighted by atomic mass is 16.5. The maximum atomic E-state index is 12.1. The van der Waals surface area contributed by atoms with Crippen molar-refractivity contribution < 1.29 is 9.53 Å². The smallest absolute Gasteiger partial charge is 0.291 e. The van der Waals surface area contributed by atoms with Crippen molar-refractivity contribution in [2.24, 2.45) is 4.99 Å². The fourth-order valence-electron chi connectivity index (χ4n) is 1.74. The third kappa shape index (κ3) is 6.93. The van der Waals surface area contributed by atoms with Crippen molar-refractivity contribution in [3.05, 3.63) is 35.4 Å². The number of carbonyl (C=O) groups excluding carboxylic acids is 1. The predicted octanol–water partition coefficient (Wildman–Crippen LogP) is 3.70. The fourth-order valence-corrected chi connectivity index (χ4v) is 1.74. The Kier molecular flexibility index (Phi) is 8.17. The zero-order chi connectivity index (χ0) is 15.5. The molecule has 1 aromatic rings. The minimum absolute atomic E-state index is 0.180. The average molecular weight is 290 g/mol. The largest absolute Gasteiger partial charge is 0.465 e. The highest BCUT2D eigenvalue weighted by Gasteiger charge is 2.09. The number of hydrogen-bond acceptors (Lipinski definition) is 3. The summed E-state index contributed by atoms with van der Waals surface area (Å²) in [6, 6.07) is 7.77. The monoisotopic (exact) mass is 290 g/mol. The number of rotatable bonds is 7. The molecule has 0 atom stereocenters. The minimum atomic E-state index is -0.180. The van der Waals surface area contributed by atoms with E-state index in [4.69, 9.17) is 4.74 Å². The number of carbonyl (C=O) groups is 1. The molecule has 0 aliphatic rings. The topological polar surface area (TPSA) is 50.7 Å². The van der Waals surface area contributed by atoms with Crippen LogP contribution in [-0.2, 0) is 4.74 Å². The molecule has 1 N–H and O–H groups in total. The van der Waals surface area contributed by atoms with Crippen molar-refractivity contribution in [3.8, 4) is 0 Å². The van der Waals surface area contributed by atoms with Gasteiger partial charge in [0.15, 0.2) is 0 Å². The first-order valence-electron chi connectivity index (χ1n) is 7.72. The zero-order valence-corrected chi connectivity index (χ0v) is 13.3. The van der Waals surface area contributed by atoms with E-state index in [9.17, 15) is 4.79 Å². The number of unbranched alkanes of at least 4 members (excludes halogenated alkanes) is 2. The molecule has 0 bridgehead atoms. The van der Waals surface area contributed by atoms with Crippen molar-refractivity contribution in [2.75, 3.05) is 13.2 Å². The molecule has 0 fully saturated rings. The van der Waals surface area contributed by atoms with Crippen LogP contribution < -0.4 is 5.32 Å². The van der Waals surface area contributed by atoms with Crippen molar-refractivity contribution in [1.29, 1.82) is 0 Å². The lowest BCUT2D eigenvalue weighted by atomic mass is 10.1. The van der Waals surface area contributed by atoms with Crippen LogP contribution in [-0.4, -0.2) is 25.1 Å². The van der Waals surface area contributed by atoms with E-state index in [2.05, 4.69) is 17.2 Å². The maximum Gasteiger partial charge on any atom is 0.291 e. The number of ether oxygens (including phenoxy) is 1. The van der Waals surface area contributed by atoms with Crippen LogP contribution in [0.5, 0.6) is 0 Å². The van der Waals surface area contributed by atoms with Gasteiger partial charge >= 0.3 is 0 Å². The molecule has 0 saturated heterocycles. The number of amides is 1. The van der Waals surface area contributed by atoms with Gasteiger partial charge < -0.3 is 4.74 Å². The molecule has 0 aromatic heterocycles. The molecule has 0 unspecified atom stereocenters. The van der Waals surface area contributed by atoms with Crippen molar-refractivity contribution >= 4 is 11.9 Å². The molecular formula is C17H26N2O2. The second kappa shape index (κ2) is 9.97. The van der Waals surface area contributed by atoms with Gasteiger partial charge in [-0.25, -0.2) is 4.99 Å². The summed E-state index contributed by atoms with van der Waals surface area (Å²) in [5, 5.41) is 2.75. The molecule has 0 heterocycles. The Morgan fingerprint density at radius 3 is 2.48 bits per heavy atom. The third-order valence-corrected chi connectivity index (χ3v) is 2.99. The van der Waals surface area contributed by atoms with Crippen LogP contribution in [0.25, 0.3) is 0 Å². The van der Waals surface area contributed by atoms with Crippen LogP contribution >= 0.6 is 0 Å². The van der Waals surface area contributed by atoms with Crippen LogP contribution in [0.15, 0.2) is 29.3 Å². The average Bonchev–Trinajstić information content (AvgIpc) is 2.49. The van der Waals surface area contributed by atoms with Gasteiger partial charge in [0.05, 0.1) is 6.61 Å². The number of nitrogens with one attached hydrogen (secondary N) is 1. The first kappa shape index (κ1) is 17.2. The number of aryl methyl sites for hydroxylation is 1. The van der Waals surface area contributed by atoms with Gasteiger partial charge in [-0.2, -0.15) is 0 Å². The Bertz CT molecular complexity index is 452. The van der Waals surface area contributed by atoms with Crippen LogP contribution in [0.2, 0.25) is 0 Å². The summed E-state index contributed by atoms with van der Waals surface area (Å²) in [6.07, 6.45) is 4.18. The second-order valence-corrected chi connectivity index (χ2v) is 5.06. The van der Waals surface area contributed by atoms with Gasteiger partial charge in [0.25, 0.3) is 11.9 Å². The molecule has 4 heteroatoms. The van der Waals surface area contributed by atoms with Crippen LogP contribution in [0.4, 0.5) is 0 Å². The summed E-state index contributed by atoms with van der Waals surface area (Å²) >= 11 is 0. The van der Waals surface area contributed by atoms with Crippen LogP contribution in [0, 0.1) is 6.92 Å². The van der Waals surface area contributed by atoms with E-state index in [0.29, 0.717) is 24.7 Å². The first-order valence-corrected chi connectivity index (χ1v) is 7.72. The Hall–Kier alpha value is -1.84. The normalized spacial score (nSPS) is 11.3. The van der Waals surface area contributed by atoms with E-state index >= 15 is 0 Å². The van der Waals surface area contributed by atoms with Gasteiger partial charge in [0.1, 0.15) is 0 Å². The lowest BCUT2D eigenvalue weighted by Gasteiger charge is -2.10. The van der Waals surface area contributed by atoms with E-state index in [1.807, 2.05) is 26.0 Å². The SMILES string of the molecule is CCCCCN=C(NC(=O)c1ccc(C)cc1)OCCC. The molecule has 116 valence electrons. The van der Waals surface area contributed by atoms with Crippen LogP contribution in [0.1, 0.15) is 55.5 Å². The molecule has 1 rings (SSSR count). The van der Waals surface area contributed by atoms with E-state index in [0.717, 1.165) is 31.2 Å². The van der Waals surface area contributed by atoms with Crippen LogP contribution in [0.3, 0.4) is 0 Å². The molecule has 1 aromatic carbocycles. The summed E-state index contributed by atoms with van der Waals surface area (Å²) < 4.78 is 5.51. The molecule has 21 heavy (non-hydrogen) atoms. The van der Waals surface area contributed by atoms with Crippen molar-refractivity contribution in [2.45, 2.75) is 46.5 Å². The van der Waals surface area contributed by atoms with E-state index in [1.54, 1.807) is 12.1 Å². The molecule has 0 aliphatic carbocycles. The van der Waals surface area contributed by atoms with E-state index in [-0.39, 0.29) is 5.91 Å². The van der Waals surface area contributed by atoms with Gasteiger partial charge in [-0.05, 0) is 31.9 Å². The molecule has 1 amide bonds. The van der Waals surface area contributed by atoms with Gasteiger partial charge in [0.2, 0.25) is 0 Å². The summed E-state index contributed by atoms with van der Waals surface area (Å²) in [5.74, 6) is -0.180. The summed E-state index contributed by atoms with van der Waals surface area (Å²) in [6.45, 7) is 7.41. The van der Waals surface area contributed by atoms with Crippen molar-refractivity contribution in [3.63, 3.8) is 0 Å². The summed E-state index contributed by atoms with van der Waals surface area (Å²) in [7, 11) is 0. The van der Waals surface area contributed by atoms with Gasteiger partial charge in [-0.1, -0.05) is 44.4 Å². The highest BCUT2D eigenvalue weighted by Crippen LogP contribution is 2.03. The number of amidine groups is 1. The standard InChI is InChI=1S/C17H26N2O2/c1-4-6-7-12-18-17(21-13-5-2)19-16(20)15-10-8-14(3)9-11-15/h8-11H,4-7,12-13H2,1-3H3,(H,18,19,20). The molecule has 0 aliphatic heterocycles. The molecule has 0 saturated carbocycles. The number of benzene rings is 1. The minimum Gasteiger partial charge on any atom is -0.465 e. The number of hydrogen-bond donors (Lipinski definition) is 1.